The molecule has 0 aromatic heterocycles. The number of carbonyl (C=O) groups is 2. The van der Waals surface area contributed by atoms with E-state index in [-0.39, 0.29) is 11.8 Å². The van der Waals surface area contributed by atoms with Gasteiger partial charge in [-0.25, -0.2) is 0 Å². The molecule has 3 rings (SSSR count). The highest BCUT2D eigenvalue weighted by atomic mass is 32.2. The Morgan fingerprint density at radius 3 is 2.20 bits per heavy atom. The summed E-state index contributed by atoms with van der Waals surface area (Å²) in [4.78, 5) is 25.9. The van der Waals surface area contributed by atoms with Crippen LogP contribution in [0.2, 0.25) is 0 Å². The molecule has 0 radical (unpaired) electrons. The van der Waals surface area contributed by atoms with Gasteiger partial charge in [-0.2, -0.15) is 0 Å². The van der Waals surface area contributed by atoms with Gasteiger partial charge in [0.1, 0.15) is 5.25 Å². The number of carbonyl (C=O) groups excluding carboxylic acids is 2. The number of amides is 2. The molecule has 1 unspecified atom stereocenters. The molecule has 0 aliphatic rings. The van der Waals surface area contributed by atoms with Crippen LogP contribution in [-0.2, 0) is 9.59 Å². The quantitative estimate of drug-likeness (QED) is 0.428. The van der Waals surface area contributed by atoms with E-state index in [1.54, 1.807) is 0 Å². The average molecular weight is 419 g/mol. The first-order valence-corrected chi connectivity index (χ1v) is 10.9. The Bertz CT molecular complexity index is 988. The summed E-state index contributed by atoms with van der Waals surface area (Å²) in [6.45, 7) is 3.96. The first-order chi connectivity index (χ1) is 14.6. The van der Waals surface area contributed by atoms with Crippen LogP contribution in [0.5, 0.6) is 0 Å². The number of anilines is 2. The lowest BCUT2D eigenvalue weighted by Gasteiger charge is -2.18. The van der Waals surface area contributed by atoms with Gasteiger partial charge in [0.25, 0.3) is 0 Å². The molecule has 0 bridgehead atoms. The molecule has 0 spiro atoms. The Hall–Kier alpha value is -3.05. The molecule has 2 N–H and O–H groups in total. The third-order valence-corrected chi connectivity index (χ3v) is 5.88. The monoisotopic (exact) mass is 418 g/mol. The number of thioether (sulfide) groups is 1. The predicted octanol–water partition coefficient (Wildman–Crippen LogP) is 6.21. The van der Waals surface area contributed by atoms with Crippen molar-refractivity contribution in [3.8, 4) is 0 Å². The van der Waals surface area contributed by atoms with Crippen molar-refractivity contribution in [3.63, 3.8) is 0 Å². The lowest BCUT2D eigenvalue weighted by molar-refractivity contribution is -0.116. The maximum atomic E-state index is 13.2. The predicted molar refractivity (Wildman–Crippen MR) is 125 cm³/mol. The van der Waals surface area contributed by atoms with Crippen LogP contribution >= 0.6 is 11.8 Å². The van der Waals surface area contributed by atoms with Gasteiger partial charge < -0.3 is 10.6 Å². The van der Waals surface area contributed by atoms with Crippen molar-refractivity contribution < 1.29 is 9.59 Å². The molecule has 3 aromatic carbocycles. The van der Waals surface area contributed by atoms with Crippen LogP contribution in [0, 0.1) is 6.92 Å². The normalized spacial score (nSPS) is 11.5. The highest BCUT2D eigenvalue weighted by molar-refractivity contribution is 8.00. The minimum absolute atomic E-state index is 0.0117. The molecule has 0 heterocycles. The minimum Gasteiger partial charge on any atom is -0.326 e. The third kappa shape index (κ3) is 5.97. The summed E-state index contributed by atoms with van der Waals surface area (Å²) in [5.41, 5.74) is 3.54. The molecule has 0 aliphatic heterocycles. The molecule has 4 nitrogen and oxygen atoms in total. The molecule has 0 fully saturated rings. The molecule has 0 saturated carbocycles. The van der Waals surface area contributed by atoms with E-state index in [2.05, 4.69) is 10.6 Å². The standard InChI is InChI=1S/C25H26N2O2S/c1-3-9-23(28)26-20-14-16-21(17-15-20)30-24(19-11-5-4-6-12-19)25(29)27-22-13-8-7-10-18(22)2/h4-8,10-17,24H,3,9H2,1-2H3,(H,26,28)(H,27,29). The van der Waals surface area contributed by atoms with Crippen LogP contribution in [0.1, 0.15) is 36.1 Å². The van der Waals surface area contributed by atoms with Crippen molar-refractivity contribution in [2.45, 2.75) is 36.8 Å². The lowest BCUT2D eigenvalue weighted by atomic mass is 10.1. The zero-order chi connectivity index (χ0) is 21.3. The summed E-state index contributed by atoms with van der Waals surface area (Å²) in [6, 6.07) is 25.1. The van der Waals surface area contributed by atoms with E-state index in [1.165, 1.54) is 11.8 Å². The number of aryl methyl sites for hydroxylation is 1. The summed E-state index contributed by atoms with van der Waals surface area (Å²) in [5.74, 6) is -0.0569. The third-order valence-electron chi connectivity index (χ3n) is 4.61. The van der Waals surface area contributed by atoms with Gasteiger partial charge in [-0.05, 0) is 54.8 Å². The summed E-state index contributed by atoms with van der Waals surface area (Å²) < 4.78 is 0. The van der Waals surface area contributed by atoms with E-state index in [9.17, 15) is 9.59 Å². The lowest BCUT2D eigenvalue weighted by Crippen LogP contribution is -2.19. The van der Waals surface area contributed by atoms with Gasteiger partial charge in [-0.1, -0.05) is 55.5 Å². The Labute approximate surface area is 182 Å². The van der Waals surface area contributed by atoms with Gasteiger partial charge in [-0.3, -0.25) is 9.59 Å². The molecule has 3 aromatic rings. The number of hydrogen-bond donors (Lipinski definition) is 2. The van der Waals surface area contributed by atoms with Crippen molar-refractivity contribution in [2.24, 2.45) is 0 Å². The maximum Gasteiger partial charge on any atom is 0.242 e. The Morgan fingerprint density at radius 2 is 1.53 bits per heavy atom. The van der Waals surface area contributed by atoms with E-state index in [0.29, 0.717) is 6.42 Å². The molecule has 154 valence electrons. The van der Waals surface area contributed by atoms with Crippen LogP contribution < -0.4 is 10.6 Å². The highest BCUT2D eigenvalue weighted by Crippen LogP contribution is 2.37. The fraction of sp³-hybridized carbons (Fsp3) is 0.200. The topological polar surface area (TPSA) is 58.2 Å². The van der Waals surface area contributed by atoms with Gasteiger partial charge in [0, 0.05) is 22.7 Å². The van der Waals surface area contributed by atoms with Gasteiger partial charge in [0.05, 0.1) is 0 Å². The number of rotatable bonds is 8. The van der Waals surface area contributed by atoms with Crippen LogP contribution in [0.4, 0.5) is 11.4 Å². The molecule has 1 atom stereocenters. The van der Waals surface area contributed by atoms with E-state index in [0.717, 1.165) is 33.8 Å². The zero-order valence-electron chi connectivity index (χ0n) is 17.2. The van der Waals surface area contributed by atoms with Gasteiger partial charge in [0.15, 0.2) is 0 Å². The van der Waals surface area contributed by atoms with Crippen LogP contribution in [0.3, 0.4) is 0 Å². The number of hydrogen-bond acceptors (Lipinski definition) is 3. The van der Waals surface area contributed by atoms with Gasteiger partial charge >= 0.3 is 0 Å². The molecule has 30 heavy (non-hydrogen) atoms. The number of para-hydroxylation sites is 1. The number of benzene rings is 3. The van der Waals surface area contributed by atoms with Crippen molar-refractivity contribution in [3.05, 3.63) is 90.0 Å². The molecule has 0 aliphatic carbocycles. The smallest absolute Gasteiger partial charge is 0.242 e. The van der Waals surface area contributed by atoms with Crippen LogP contribution in [0.25, 0.3) is 0 Å². The molecular weight excluding hydrogens is 392 g/mol. The maximum absolute atomic E-state index is 13.2. The van der Waals surface area contributed by atoms with Crippen molar-refractivity contribution >= 4 is 35.0 Å². The van der Waals surface area contributed by atoms with Crippen molar-refractivity contribution in [2.75, 3.05) is 10.6 Å². The van der Waals surface area contributed by atoms with E-state index in [1.807, 2.05) is 92.7 Å². The van der Waals surface area contributed by atoms with Crippen LogP contribution in [0.15, 0.2) is 83.8 Å². The van der Waals surface area contributed by atoms with E-state index in [4.69, 9.17) is 0 Å². The second-order valence-corrected chi connectivity index (χ2v) is 8.21. The van der Waals surface area contributed by atoms with E-state index < -0.39 is 5.25 Å². The highest BCUT2D eigenvalue weighted by Gasteiger charge is 2.22. The van der Waals surface area contributed by atoms with E-state index >= 15 is 0 Å². The summed E-state index contributed by atoms with van der Waals surface area (Å²) >= 11 is 1.49. The second kappa shape index (κ2) is 10.6. The molecule has 2 amide bonds. The molecule has 5 heteroatoms. The summed E-state index contributed by atoms with van der Waals surface area (Å²) in [6.07, 6.45) is 1.32. The first kappa shape index (κ1) is 21.7. The molecule has 0 saturated heterocycles. The SMILES string of the molecule is CCCC(=O)Nc1ccc(SC(C(=O)Nc2ccccc2C)c2ccccc2)cc1. The van der Waals surface area contributed by atoms with Crippen molar-refractivity contribution in [1.29, 1.82) is 0 Å². The number of nitrogens with one attached hydrogen (secondary N) is 2. The Balaban J connectivity index is 1.77. The first-order valence-electron chi connectivity index (χ1n) is 10.0. The fourth-order valence-corrected chi connectivity index (χ4v) is 4.04. The van der Waals surface area contributed by atoms with Gasteiger partial charge in [0.2, 0.25) is 11.8 Å². The van der Waals surface area contributed by atoms with Crippen LogP contribution in [-0.4, -0.2) is 11.8 Å². The largest absolute Gasteiger partial charge is 0.326 e. The molecular formula is C25H26N2O2S. The zero-order valence-corrected chi connectivity index (χ0v) is 18.0. The fourth-order valence-electron chi connectivity index (χ4n) is 3.02. The average Bonchev–Trinajstić information content (AvgIpc) is 2.75. The van der Waals surface area contributed by atoms with Gasteiger partial charge in [-0.15, -0.1) is 11.8 Å². The Kier molecular flexibility index (Phi) is 7.69. The minimum atomic E-state index is -0.397. The summed E-state index contributed by atoms with van der Waals surface area (Å²) in [5, 5.41) is 5.56. The Morgan fingerprint density at radius 1 is 0.867 bits per heavy atom. The second-order valence-electron chi connectivity index (χ2n) is 7.04. The van der Waals surface area contributed by atoms with Crippen molar-refractivity contribution in [1.82, 2.24) is 0 Å². The summed E-state index contributed by atoms with van der Waals surface area (Å²) in [7, 11) is 0.